The second-order valence-electron chi connectivity index (χ2n) is 7.60. The highest BCUT2D eigenvalue weighted by atomic mass is 19.1. The van der Waals surface area contributed by atoms with Gasteiger partial charge in [-0.05, 0) is 57.9 Å². The van der Waals surface area contributed by atoms with E-state index in [2.05, 4.69) is 15.5 Å². The van der Waals surface area contributed by atoms with Crippen LogP contribution in [0.1, 0.15) is 62.4 Å². The highest BCUT2D eigenvalue weighted by molar-refractivity contribution is 5.49. The number of ether oxygens (including phenoxy) is 1. The molecule has 0 atom stereocenters. The molecule has 0 spiro atoms. The standard InChI is InChI=1S/C17H21FN4O/c1-17(2,3)13-7-15(12(6-14(13)18)10-4-5-10)22-16(19-20-21-22)11-8-23-9-11/h6-7,10-11H,4-5,8-9H2,1-3H3. The summed E-state index contributed by atoms with van der Waals surface area (Å²) < 4.78 is 21.7. The lowest BCUT2D eigenvalue weighted by Gasteiger charge is -2.26. The largest absolute Gasteiger partial charge is 0.380 e. The lowest BCUT2D eigenvalue weighted by Crippen LogP contribution is -2.28. The molecule has 1 aromatic heterocycles. The van der Waals surface area contributed by atoms with E-state index < -0.39 is 0 Å². The molecule has 6 heteroatoms. The van der Waals surface area contributed by atoms with Crippen LogP contribution >= 0.6 is 0 Å². The molecule has 0 N–H and O–H groups in total. The zero-order chi connectivity index (χ0) is 16.2. The summed E-state index contributed by atoms with van der Waals surface area (Å²) in [5.74, 6) is 1.32. The molecule has 1 aliphatic carbocycles. The van der Waals surface area contributed by atoms with Crippen LogP contribution in [0, 0.1) is 5.82 Å². The van der Waals surface area contributed by atoms with Crippen molar-refractivity contribution >= 4 is 0 Å². The fourth-order valence-corrected chi connectivity index (χ4v) is 3.06. The van der Waals surface area contributed by atoms with Crippen LogP contribution in [0.2, 0.25) is 0 Å². The van der Waals surface area contributed by atoms with Crippen molar-refractivity contribution in [2.24, 2.45) is 0 Å². The first kappa shape index (κ1) is 14.8. The molecular formula is C17H21FN4O. The quantitative estimate of drug-likeness (QED) is 0.873. The summed E-state index contributed by atoms with van der Waals surface area (Å²) in [6.45, 7) is 7.35. The average molecular weight is 316 g/mol. The van der Waals surface area contributed by atoms with E-state index in [1.54, 1.807) is 10.7 Å². The summed E-state index contributed by atoms with van der Waals surface area (Å²) in [5, 5.41) is 12.2. The Hall–Kier alpha value is -1.82. The number of rotatable bonds is 3. The first-order valence-corrected chi connectivity index (χ1v) is 8.15. The number of hydrogen-bond donors (Lipinski definition) is 0. The average Bonchev–Trinajstić information content (AvgIpc) is 3.16. The van der Waals surface area contributed by atoms with Crippen molar-refractivity contribution in [1.82, 2.24) is 20.2 Å². The molecular weight excluding hydrogens is 295 g/mol. The number of aromatic nitrogens is 4. The second kappa shape index (κ2) is 5.09. The smallest absolute Gasteiger partial charge is 0.164 e. The summed E-state index contributed by atoms with van der Waals surface area (Å²) in [5.41, 5.74) is 2.37. The zero-order valence-electron chi connectivity index (χ0n) is 13.7. The van der Waals surface area contributed by atoms with Crippen molar-refractivity contribution in [1.29, 1.82) is 0 Å². The number of tetrazole rings is 1. The van der Waals surface area contributed by atoms with E-state index in [9.17, 15) is 4.39 Å². The monoisotopic (exact) mass is 316 g/mol. The normalized spacial score (nSPS) is 19.0. The Balaban J connectivity index is 1.87. The lowest BCUT2D eigenvalue weighted by molar-refractivity contribution is 0.00391. The van der Waals surface area contributed by atoms with E-state index in [0.717, 1.165) is 29.9 Å². The van der Waals surface area contributed by atoms with Gasteiger partial charge in [0.05, 0.1) is 24.8 Å². The minimum Gasteiger partial charge on any atom is -0.380 e. The maximum absolute atomic E-state index is 14.6. The van der Waals surface area contributed by atoms with Crippen LogP contribution in [0.5, 0.6) is 0 Å². The Morgan fingerprint density at radius 1 is 1.17 bits per heavy atom. The number of halogens is 1. The molecule has 5 nitrogen and oxygen atoms in total. The lowest BCUT2D eigenvalue weighted by atomic mass is 9.85. The van der Waals surface area contributed by atoms with Crippen molar-refractivity contribution in [2.75, 3.05) is 13.2 Å². The first-order chi connectivity index (χ1) is 10.9. The minimum atomic E-state index is -0.269. The molecule has 0 bridgehead atoms. The number of benzene rings is 1. The van der Waals surface area contributed by atoms with Gasteiger partial charge in [-0.15, -0.1) is 5.10 Å². The summed E-state index contributed by atoms with van der Waals surface area (Å²) in [6, 6.07) is 3.62. The van der Waals surface area contributed by atoms with E-state index in [4.69, 9.17) is 4.74 Å². The van der Waals surface area contributed by atoms with Gasteiger partial charge >= 0.3 is 0 Å². The molecule has 1 saturated carbocycles. The molecule has 1 saturated heterocycles. The Labute approximate surface area is 134 Å². The summed E-state index contributed by atoms with van der Waals surface area (Å²) in [4.78, 5) is 0. The van der Waals surface area contributed by atoms with Crippen molar-refractivity contribution < 1.29 is 9.13 Å². The molecule has 4 rings (SSSR count). The molecule has 2 aromatic rings. The van der Waals surface area contributed by atoms with Crippen LogP contribution in [0.25, 0.3) is 5.69 Å². The number of nitrogens with zero attached hydrogens (tertiary/aromatic N) is 4. The van der Waals surface area contributed by atoms with E-state index in [0.29, 0.717) is 24.7 Å². The number of hydrogen-bond acceptors (Lipinski definition) is 4. The maximum atomic E-state index is 14.6. The molecule has 2 heterocycles. The van der Waals surface area contributed by atoms with Crippen LogP contribution in [0.3, 0.4) is 0 Å². The van der Waals surface area contributed by atoms with Crippen molar-refractivity contribution in [3.63, 3.8) is 0 Å². The van der Waals surface area contributed by atoms with Gasteiger partial charge in [0.25, 0.3) is 0 Å². The zero-order valence-corrected chi connectivity index (χ0v) is 13.7. The molecule has 1 aromatic carbocycles. The maximum Gasteiger partial charge on any atom is 0.164 e. The van der Waals surface area contributed by atoms with Crippen LogP contribution in [0.4, 0.5) is 4.39 Å². The highest BCUT2D eigenvalue weighted by Crippen LogP contribution is 2.44. The summed E-state index contributed by atoms with van der Waals surface area (Å²) in [7, 11) is 0. The van der Waals surface area contributed by atoms with Crippen LogP contribution < -0.4 is 0 Å². The molecule has 23 heavy (non-hydrogen) atoms. The predicted molar refractivity (Wildman–Crippen MR) is 83.3 cm³/mol. The predicted octanol–water partition coefficient (Wildman–Crippen LogP) is 3.09. The van der Waals surface area contributed by atoms with Gasteiger partial charge in [-0.2, -0.15) is 4.68 Å². The van der Waals surface area contributed by atoms with Gasteiger partial charge in [-0.3, -0.25) is 0 Å². The van der Waals surface area contributed by atoms with Gasteiger partial charge < -0.3 is 4.74 Å². The van der Waals surface area contributed by atoms with E-state index in [1.807, 2.05) is 26.8 Å². The van der Waals surface area contributed by atoms with Gasteiger partial charge in [-0.1, -0.05) is 20.8 Å². The fraction of sp³-hybridized carbons (Fsp3) is 0.588. The van der Waals surface area contributed by atoms with Crippen molar-refractivity contribution in [3.05, 3.63) is 34.9 Å². The Kier molecular flexibility index (Phi) is 3.27. The van der Waals surface area contributed by atoms with E-state index in [-0.39, 0.29) is 17.2 Å². The topological polar surface area (TPSA) is 52.8 Å². The van der Waals surface area contributed by atoms with Crippen molar-refractivity contribution in [2.45, 2.75) is 50.9 Å². The molecule has 2 fully saturated rings. The summed E-state index contributed by atoms with van der Waals surface area (Å²) in [6.07, 6.45) is 2.20. The molecule has 0 radical (unpaired) electrons. The van der Waals surface area contributed by atoms with Gasteiger partial charge in [-0.25, -0.2) is 4.39 Å². The molecule has 0 unspecified atom stereocenters. The van der Waals surface area contributed by atoms with Crippen molar-refractivity contribution in [3.8, 4) is 5.69 Å². The van der Waals surface area contributed by atoms with Gasteiger partial charge in [0, 0.05) is 0 Å². The fourth-order valence-electron chi connectivity index (χ4n) is 3.06. The minimum absolute atomic E-state index is 0.134. The Morgan fingerprint density at radius 3 is 2.48 bits per heavy atom. The van der Waals surface area contributed by atoms with Gasteiger partial charge in [0.15, 0.2) is 5.82 Å². The van der Waals surface area contributed by atoms with Gasteiger partial charge in [0.2, 0.25) is 0 Å². The van der Waals surface area contributed by atoms with Crippen LogP contribution in [0.15, 0.2) is 12.1 Å². The van der Waals surface area contributed by atoms with Crippen LogP contribution in [-0.4, -0.2) is 33.4 Å². The third-order valence-electron chi connectivity index (χ3n) is 4.67. The molecule has 122 valence electrons. The third-order valence-corrected chi connectivity index (χ3v) is 4.67. The molecule has 1 aliphatic heterocycles. The highest BCUT2D eigenvalue weighted by Gasteiger charge is 2.33. The van der Waals surface area contributed by atoms with E-state index >= 15 is 0 Å². The molecule has 2 aliphatic rings. The Bertz CT molecular complexity index is 742. The second-order valence-corrected chi connectivity index (χ2v) is 7.60. The van der Waals surface area contributed by atoms with Crippen LogP contribution in [-0.2, 0) is 10.2 Å². The Morgan fingerprint density at radius 2 is 1.91 bits per heavy atom. The molecule has 0 amide bonds. The third kappa shape index (κ3) is 2.55. The van der Waals surface area contributed by atoms with Gasteiger partial charge in [0.1, 0.15) is 5.82 Å². The summed E-state index contributed by atoms with van der Waals surface area (Å²) >= 11 is 0. The van der Waals surface area contributed by atoms with E-state index in [1.165, 1.54) is 0 Å². The first-order valence-electron chi connectivity index (χ1n) is 8.15. The SMILES string of the molecule is CC(C)(C)c1cc(-n2nnnc2C2COC2)c(C2CC2)cc1F.